The summed E-state index contributed by atoms with van der Waals surface area (Å²) in [6.07, 6.45) is -5.21. The number of carbonyl (C=O) groups is 5. The molecule has 9 rings (SSSR count). The van der Waals surface area contributed by atoms with E-state index in [0.29, 0.717) is 80.3 Å². The van der Waals surface area contributed by atoms with Gasteiger partial charge in [0.15, 0.2) is 0 Å². The Morgan fingerprint density at radius 1 is 0.890 bits per heavy atom. The molecule has 3 aromatic carbocycles. The standard InChI is InChI=1S/C59H68F3N11O8S/c1-35(2)54(50-25-36(3)68-81-50)58(80)73-33-43(74)28-49(73)57(79)66-46(39-9-11-40(12-10-39)55-37(4)65-34-82-55)30-52(76)63-16-15-53(77)72-23-19-70(20-24-72)32-38-7-6-8-41(26-38)42-13-14-48(71-21-17-69(5)18-22-71)47(27-42)67-56(78)44-31-64-51(75)29-45(44)59(60,61)62/h6-14,25-27,29,31,34-35,43,46,49,54,74H,15-24,28,30,32-33H2,1-5H3,(H,63,76)(H,64,75)(H,66,79)(H,67,78)/t43-,46+,49+,54-/m1/s1. The number of aromatic nitrogens is 3. The molecule has 0 spiro atoms. The summed E-state index contributed by atoms with van der Waals surface area (Å²) < 4.78 is 47.5. The summed E-state index contributed by atoms with van der Waals surface area (Å²) >= 11 is 1.50. The molecule has 3 saturated heterocycles. The fourth-order valence-electron chi connectivity index (χ4n) is 10.9. The molecule has 0 bridgehead atoms. The number of hydrogen-bond donors (Lipinski definition) is 5. The van der Waals surface area contributed by atoms with E-state index in [1.54, 1.807) is 29.5 Å². The number of likely N-dealkylation sites (tertiary alicyclic amines) is 1. The number of nitrogens with one attached hydrogen (secondary N) is 4. The van der Waals surface area contributed by atoms with Crippen LogP contribution < -0.4 is 26.4 Å². The first-order valence-corrected chi connectivity index (χ1v) is 28.3. The molecule has 434 valence electrons. The lowest BCUT2D eigenvalue weighted by Gasteiger charge is -2.35. The van der Waals surface area contributed by atoms with Crippen LogP contribution in [0.3, 0.4) is 0 Å². The van der Waals surface area contributed by atoms with Crippen molar-refractivity contribution in [2.75, 3.05) is 82.7 Å². The second kappa shape index (κ2) is 25.6. The quantitative estimate of drug-likeness (QED) is 0.0613. The smallest absolute Gasteiger partial charge is 0.391 e. The zero-order valence-electron chi connectivity index (χ0n) is 46.4. The number of thiazole rings is 1. The van der Waals surface area contributed by atoms with E-state index in [0.717, 1.165) is 52.1 Å². The minimum absolute atomic E-state index is 0.00727. The summed E-state index contributed by atoms with van der Waals surface area (Å²) in [6, 6.07) is 21.1. The third kappa shape index (κ3) is 14.1. The van der Waals surface area contributed by atoms with E-state index in [9.17, 15) is 47.0 Å². The van der Waals surface area contributed by atoms with Crippen LogP contribution in [-0.2, 0) is 31.9 Å². The Balaban J connectivity index is 0.806. The number of carbonyl (C=O) groups excluding carboxylic acids is 5. The van der Waals surface area contributed by atoms with Gasteiger partial charge in [-0.1, -0.05) is 67.5 Å². The molecule has 0 saturated carbocycles. The molecule has 82 heavy (non-hydrogen) atoms. The summed E-state index contributed by atoms with van der Waals surface area (Å²) in [6.45, 7) is 12.9. The number of likely N-dealkylation sites (N-methyl/N-ethyl adjacent to an activating group) is 1. The first-order valence-electron chi connectivity index (χ1n) is 27.5. The molecule has 19 nitrogen and oxygen atoms in total. The average Bonchev–Trinajstić information content (AvgIpc) is 4.27. The average molecular weight is 1150 g/mol. The van der Waals surface area contributed by atoms with Crippen molar-refractivity contribution in [2.24, 2.45) is 5.92 Å². The summed E-state index contributed by atoms with van der Waals surface area (Å²) in [5.41, 5.74) is 5.34. The molecular weight excluding hydrogens is 1080 g/mol. The second-order valence-corrected chi connectivity index (χ2v) is 22.6. The van der Waals surface area contributed by atoms with Gasteiger partial charge in [0.1, 0.15) is 17.7 Å². The van der Waals surface area contributed by atoms with Crippen molar-refractivity contribution in [3.63, 3.8) is 0 Å². The van der Waals surface area contributed by atoms with E-state index in [1.165, 1.54) is 16.2 Å². The van der Waals surface area contributed by atoms with Crippen LogP contribution in [0, 0.1) is 19.8 Å². The van der Waals surface area contributed by atoms with Crippen LogP contribution in [-0.4, -0.2) is 154 Å². The number of benzene rings is 3. The van der Waals surface area contributed by atoms with Gasteiger partial charge in [0, 0.05) is 103 Å². The highest BCUT2D eigenvalue weighted by molar-refractivity contribution is 7.13. The largest absolute Gasteiger partial charge is 0.417 e. The number of aliphatic hydroxyl groups excluding tert-OH is 1. The van der Waals surface area contributed by atoms with Crippen molar-refractivity contribution in [3.05, 3.63) is 140 Å². The number of rotatable bonds is 18. The number of aryl methyl sites for hydroxylation is 2. The molecule has 0 radical (unpaired) electrons. The van der Waals surface area contributed by atoms with Crippen LogP contribution in [0.5, 0.6) is 0 Å². The van der Waals surface area contributed by atoms with Crippen LogP contribution in [0.25, 0.3) is 21.6 Å². The van der Waals surface area contributed by atoms with Gasteiger partial charge in [-0.05, 0) is 72.8 Å². The molecule has 6 aromatic rings. The Bertz CT molecular complexity index is 3330. The zero-order valence-corrected chi connectivity index (χ0v) is 47.2. The minimum atomic E-state index is -4.93. The number of H-pyrrole nitrogens is 1. The van der Waals surface area contributed by atoms with E-state index < -0.39 is 64.7 Å². The number of anilines is 2. The molecule has 3 aromatic heterocycles. The monoisotopic (exact) mass is 1150 g/mol. The van der Waals surface area contributed by atoms with E-state index in [4.69, 9.17) is 4.52 Å². The lowest BCUT2D eigenvalue weighted by molar-refractivity contribution is -0.141. The minimum Gasteiger partial charge on any atom is -0.391 e. The Hall–Kier alpha value is -7.73. The highest BCUT2D eigenvalue weighted by atomic mass is 32.1. The SMILES string of the molecule is Cc1cc([C@H](C(=O)N2C[C@H](O)C[C@H]2C(=O)N[C@@H](CC(=O)NCCC(=O)N2CCN(Cc3cccc(-c4ccc(N5CCN(C)CC5)c(NC(=O)c5c[nH]c(=O)cc5C(F)(F)F)c4)c3)CC2)c2ccc(-c3scnc3C)cc2)C(C)C)on1. The first-order chi connectivity index (χ1) is 39.2. The van der Waals surface area contributed by atoms with Crippen molar-refractivity contribution in [1.29, 1.82) is 0 Å². The summed E-state index contributed by atoms with van der Waals surface area (Å²) in [7, 11) is 2.00. The molecule has 5 N–H and O–H groups in total. The van der Waals surface area contributed by atoms with Gasteiger partial charge < -0.3 is 50.2 Å². The number of amides is 5. The molecule has 0 unspecified atom stereocenters. The molecule has 0 aliphatic carbocycles. The topological polar surface area (TPSA) is 230 Å². The Labute approximate surface area is 476 Å². The van der Waals surface area contributed by atoms with E-state index in [1.807, 2.05) is 88.5 Å². The van der Waals surface area contributed by atoms with Crippen LogP contribution in [0.1, 0.15) is 89.3 Å². The van der Waals surface area contributed by atoms with Crippen LogP contribution in [0.2, 0.25) is 0 Å². The summed E-state index contributed by atoms with van der Waals surface area (Å²) in [5.74, 6) is -2.99. The number of alkyl halides is 3. The fraction of sp³-hybridized carbons (Fsp3) is 0.424. The number of β-amino-alcohol motifs (C(OH)–C–C–N with tert-alkyl or cyclic N) is 1. The van der Waals surface area contributed by atoms with Gasteiger partial charge in [-0.2, -0.15) is 13.2 Å². The van der Waals surface area contributed by atoms with Crippen molar-refractivity contribution < 1.29 is 46.8 Å². The Morgan fingerprint density at radius 3 is 2.28 bits per heavy atom. The number of hydrogen-bond acceptors (Lipinski definition) is 14. The van der Waals surface area contributed by atoms with Crippen molar-refractivity contribution in [3.8, 4) is 21.6 Å². The van der Waals surface area contributed by atoms with Gasteiger partial charge in [-0.3, -0.25) is 33.7 Å². The lowest BCUT2D eigenvalue weighted by atomic mass is 9.91. The van der Waals surface area contributed by atoms with E-state index >= 15 is 0 Å². The normalized spacial score (nSPS) is 17.9. The van der Waals surface area contributed by atoms with E-state index in [-0.39, 0.29) is 50.1 Å². The van der Waals surface area contributed by atoms with Gasteiger partial charge in [0.25, 0.3) is 5.91 Å². The summed E-state index contributed by atoms with van der Waals surface area (Å²) in [4.78, 5) is 98.3. The van der Waals surface area contributed by atoms with Crippen molar-refractivity contribution >= 4 is 52.2 Å². The molecule has 3 fully saturated rings. The summed E-state index contributed by atoms with van der Waals surface area (Å²) in [5, 5.41) is 23.4. The molecule has 3 aliphatic rings. The van der Waals surface area contributed by atoms with Crippen molar-refractivity contribution in [1.82, 2.24) is 45.4 Å². The third-order valence-electron chi connectivity index (χ3n) is 15.4. The number of aliphatic hydroxyl groups is 1. The van der Waals surface area contributed by atoms with Crippen LogP contribution >= 0.6 is 11.3 Å². The molecule has 3 aliphatic heterocycles. The van der Waals surface area contributed by atoms with Gasteiger partial charge in [0.05, 0.1) is 62.8 Å². The molecule has 4 atom stereocenters. The predicted molar refractivity (Wildman–Crippen MR) is 304 cm³/mol. The van der Waals surface area contributed by atoms with Gasteiger partial charge >= 0.3 is 6.18 Å². The highest BCUT2D eigenvalue weighted by Gasteiger charge is 2.44. The molecule has 5 amide bonds. The zero-order chi connectivity index (χ0) is 58.4. The second-order valence-electron chi connectivity index (χ2n) is 21.7. The number of nitrogens with zero attached hydrogens (tertiary/aromatic N) is 7. The number of aromatic amines is 1. The van der Waals surface area contributed by atoms with Gasteiger partial charge in [-0.15, -0.1) is 11.3 Å². The Kier molecular flexibility index (Phi) is 18.4. The maximum atomic E-state index is 14.3. The van der Waals surface area contributed by atoms with Crippen LogP contribution in [0.4, 0.5) is 24.5 Å². The van der Waals surface area contributed by atoms with Crippen molar-refractivity contribution in [2.45, 2.75) is 83.8 Å². The van der Waals surface area contributed by atoms with Gasteiger partial charge in [-0.25, -0.2) is 4.98 Å². The van der Waals surface area contributed by atoms with Gasteiger partial charge in [0.2, 0.25) is 29.2 Å². The van der Waals surface area contributed by atoms with Crippen LogP contribution in [0.15, 0.2) is 99.9 Å². The highest BCUT2D eigenvalue weighted by Crippen LogP contribution is 2.37. The predicted octanol–water partition coefficient (Wildman–Crippen LogP) is 6.59. The Morgan fingerprint density at radius 2 is 1.61 bits per heavy atom. The third-order valence-corrected chi connectivity index (χ3v) is 16.4. The number of piperazine rings is 2. The van der Waals surface area contributed by atoms with E-state index in [2.05, 4.69) is 45.8 Å². The molecule has 23 heteroatoms. The maximum absolute atomic E-state index is 14.3. The fourth-order valence-corrected chi connectivity index (χ4v) is 11.7. The number of halogens is 3. The number of pyridine rings is 1. The first kappa shape index (κ1) is 58.9. The molecule has 6 heterocycles. The maximum Gasteiger partial charge on any atom is 0.417 e. The lowest BCUT2D eigenvalue weighted by Crippen LogP contribution is -2.49. The molecular formula is C59H68F3N11O8S.